The van der Waals surface area contributed by atoms with Gasteiger partial charge < -0.3 is 10.4 Å². The summed E-state index contributed by atoms with van der Waals surface area (Å²) in [6.07, 6.45) is 0.895. The van der Waals surface area contributed by atoms with Crippen LogP contribution in [0.4, 0.5) is 4.39 Å². The van der Waals surface area contributed by atoms with Crippen LogP contribution in [0.3, 0.4) is 0 Å². The van der Waals surface area contributed by atoms with Crippen molar-refractivity contribution in [3.63, 3.8) is 0 Å². The van der Waals surface area contributed by atoms with E-state index in [1.165, 1.54) is 6.07 Å². The van der Waals surface area contributed by atoms with Crippen LogP contribution in [0.15, 0.2) is 42.5 Å². The second-order valence-electron chi connectivity index (χ2n) is 7.73. The Morgan fingerprint density at radius 2 is 1.76 bits per heavy atom. The monoisotopic (exact) mass is 361 g/mol. The SMILES string of the molecule is CCC(C)(Pc1ccc(F)cc1CNC(C)(C)C)c1ccccc1O. The van der Waals surface area contributed by atoms with Crippen LogP contribution >= 0.6 is 8.58 Å². The van der Waals surface area contributed by atoms with Crippen LogP contribution in [-0.4, -0.2) is 10.6 Å². The third kappa shape index (κ3) is 5.26. The summed E-state index contributed by atoms with van der Waals surface area (Å²) in [5, 5.41) is 14.7. The fraction of sp³-hybridized carbons (Fsp3) is 0.429. The van der Waals surface area contributed by atoms with Gasteiger partial charge in [0.2, 0.25) is 0 Å². The smallest absolute Gasteiger partial charge is 0.123 e. The first-order valence-corrected chi connectivity index (χ1v) is 9.75. The summed E-state index contributed by atoms with van der Waals surface area (Å²) >= 11 is 0. The molecule has 2 atom stereocenters. The molecular formula is C21H29FNOP. The van der Waals surface area contributed by atoms with Crippen molar-refractivity contribution >= 4 is 13.9 Å². The maximum atomic E-state index is 13.8. The van der Waals surface area contributed by atoms with Crippen molar-refractivity contribution in [3.05, 3.63) is 59.4 Å². The normalized spacial score (nSPS) is 14.8. The standard InChI is InChI=1S/C21H29FNOP/c1-6-21(5,17-9-7-8-10-18(17)24)25-19-12-11-16(22)13-15(19)14-23-20(2,3)4/h7-13,23-25H,6,14H2,1-5H3. The van der Waals surface area contributed by atoms with E-state index in [-0.39, 0.29) is 16.5 Å². The average molecular weight is 361 g/mol. The Bertz CT molecular complexity index is 726. The molecule has 2 unspecified atom stereocenters. The highest BCUT2D eigenvalue weighted by atomic mass is 31.1. The van der Waals surface area contributed by atoms with Crippen molar-refractivity contribution in [2.45, 2.75) is 58.3 Å². The van der Waals surface area contributed by atoms with Crippen molar-refractivity contribution in [2.24, 2.45) is 0 Å². The Labute approximate surface area is 152 Å². The zero-order chi connectivity index (χ0) is 18.7. The molecule has 2 rings (SSSR count). The van der Waals surface area contributed by atoms with Crippen molar-refractivity contribution in [2.75, 3.05) is 0 Å². The highest BCUT2D eigenvalue weighted by molar-refractivity contribution is 7.48. The molecule has 0 saturated carbocycles. The molecule has 0 aliphatic carbocycles. The molecule has 0 heterocycles. The van der Waals surface area contributed by atoms with Crippen LogP contribution < -0.4 is 10.6 Å². The molecule has 0 aliphatic heterocycles. The van der Waals surface area contributed by atoms with Gasteiger partial charge in [-0.25, -0.2) is 4.39 Å². The molecule has 0 aliphatic rings. The summed E-state index contributed by atoms with van der Waals surface area (Å²) in [6.45, 7) is 11.2. The van der Waals surface area contributed by atoms with Gasteiger partial charge in [0.15, 0.2) is 0 Å². The Morgan fingerprint density at radius 1 is 1.08 bits per heavy atom. The van der Waals surface area contributed by atoms with E-state index in [0.29, 0.717) is 20.9 Å². The van der Waals surface area contributed by atoms with E-state index in [0.717, 1.165) is 22.9 Å². The molecule has 0 spiro atoms. The van der Waals surface area contributed by atoms with Gasteiger partial charge in [0.25, 0.3) is 0 Å². The van der Waals surface area contributed by atoms with Crippen LogP contribution in [0.1, 0.15) is 52.2 Å². The number of phenolic OH excluding ortho intramolecular Hbond substituents is 1. The predicted octanol–water partition coefficient (Wildman–Crippen LogP) is 5.05. The Balaban J connectivity index is 2.36. The summed E-state index contributed by atoms with van der Waals surface area (Å²) in [7, 11) is 0.444. The first-order chi connectivity index (χ1) is 11.6. The first-order valence-electron chi connectivity index (χ1n) is 8.75. The van der Waals surface area contributed by atoms with Crippen LogP contribution in [0.2, 0.25) is 0 Å². The van der Waals surface area contributed by atoms with Gasteiger partial charge in [0.1, 0.15) is 11.6 Å². The number of phenols is 1. The van der Waals surface area contributed by atoms with Gasteiger partial charge >= 0.3 is 0 Å². The van der Waals surface area contributed by atoms with E-state index in [9.17, 15) is 9.50 Å². The Morgan fingerprint density at radius 3 is 2.36 bits per heavy atom. The van der Waals surface area contributed by atoms with Crippen molar-refractivity contribution in [3.8, 4) is 5.75 Å². The number of benzene rings is 2. The summed E-state index contributed by atoms with van der Waals surface area (Å²) in [4.78, 5) is 0. The Kier molecular flexibility index (Phi) is 6.24. The summed E-state index contributed by atoms with van der Waals surface area (Å²) < 4.78 is 13.8. The zero-order valence-electron chi connectivity index (χ0n) is 15.8. The number of hydrogen-bond acceptors (Lipinski definition) is 2. The number of hydrogen-bond donors (Lipinski definition) is 2. The molecule has 2 nitrogen and oxygen atoms in total. The number of nitrogens with one attached hydrogen (secondary N) is 1. The van der Waals surface area contributed by atoms with Gasteiger partial charge in [0, 0.05) is 22.8 Å². The van der Waals surface area contributed by atoms with Crippen LogP contribution in [-0.2, 0) is 11.7 Å². The Hall–Kier alpha value is -1.44. The number of rotatable bonds is 6. The maximum absolute atomic E-state index is 13.8. The minimum absolute atomic E-state index is 0.0293. The second-order valence-corrected chi connectivity index (χ2v) is 9.63. The average Bonchev–Trinajstić information content (AvgIpc) is 2.54. The van der Waals surface area contributed by atoms with E-state index in [1.54, 1.807) is 12.1 Å². The van der Waals surface area contributed by atoms with E-state index < -0.39 is 0 Å². The summed E-state index contributed by atoms with van der Waals surface area (Å²) in [6, 6.07) is 12.6. The van der Waals surface area contributed by atoms with Gasteiger partial charge in [0.05, 0.1) is 0 Å². The molecule has 2 aromatic rings. The lowest BCUT2D eigenvalue weighted by Crippen LogP contribution is -2.36. The number of para-hydroxylation sites is 1. The lowest BCUT2D eigenvalue weighted by molar-refractivity contribution is 0.424. The molecule has 2 aromatic carbocycles. The molecule has 4 heteroatoms. The molecular weight excluding hydrogens is 332 g/mol. The van der Waals surface area contributed by atoms with E-state index in [2.05, 4.69) is 39.9 Å². The van der Waals surface area contributed by atoms with Crippen molar-refractivity contribution < 1.29 is 9.50 Å². The van der Waals surface area contributed by atoms with Gasteiger partial charge in [-0.1, -0.05) is 46.7 Å². The van der Waals surface area contributed by atoms with Gasteiger partial charge in [-0.15, -0.1) is 0 Å². The van der Waals surface area contributed by atoms with E-state index in [4.69, 9.17) is 0 Å². The number of aromatic hydroxyl groups is 1. The van der Waals surface area contributed by atoms with Crippen molar-refractivity contribution in [1.29, 1.82) is 0 Å². The molecule has 0 radical (unpaired) electrons. The molecule has 0 aromatic heterocycles. The van der Waals surface area contributed by atoms with E-state index >= 15 is 0 Å². The van der Waals surface area contributed by atoms with Crippen LogP contribution in [0.25, 0.3) is 0 Å². The van der Waals surface area contributed by atoms with Gasteiger partial charge in [-0.2, -0.15) is 0 Å². The third-order valence-electron chi connectivity index (χ3n) is 4.49. The summed E-state index contributed by atoms with van der Waals surface area (Å²) in [5.74, 6) is 0.121. The van der Waals surface area contributed by atoms with E-state index in [1.807, 2.05) is 24.3 Å². The topological polar surface area (TPSA) is 32.3 Å². The fourth-order valence-corrected chi connectivity index (χ4v) is 4.38. The molecule has 0 saturated heterocycles. The lowest BCUT2D eigenvalue weighted by atomic mass is 9.96. The predicted molar refractivity (Wildman–Crippen MR) is 107 cm³/mol. The zero-order valence-corrected chi connectivity index (χ0v) is 16.8. The largest absolute Gasteiger partial charge is 0.508 e. The molecule has 0 amide bonds. The molecule has 25 heavy (non-hydrogen) atoms. The third-order valence-corrected chi connectivity index (χ3v) is 6.42. The lowest BCUT2D eigenvalue weighted by Gasteiger charge is -2.31. The van der Waals surface area contributed by atoms with Gasteiger partial charge in [-0.05, 0) is 56.3 Å². The van der Waals surface area contributed by atoms with Crippen LogP contribution in [0, 0.1) is 5.82 Å². The molecule has 0 fully saturated rings. The minimum atomic E-state index is -0.208. The molecule has 136 valence electrons. The van der Waals surface area contributed by atoms with Gasteiger partial charge in [-0.3, -0.25) is 0 Å². The summed E-state index contributed by atoms with van der Waals surface area (Å²) in [5.41, 5.74) is 1.91. The quantitative estimate of drug-likeness (QED) is 0.706. The molecule has 2 N–H and O–H groups in total. The minimum Gasteiger partial charge on any atom is -0.508 e. The molecule has 0 bridgehead atoms. The number of halogens is 1. The van der Waals surface area contributed by atoms with Crippen LogP contribution in [0.5, 0.6) is 5.75 Å². The first kappa shape index (κ1) is 19.9. The van der Waals surface area contributed by atoms with Crippen molar-refractivity contribution in [1.82, 2.24) is 5.32 Å². The maximum Gasteiger partial charge on any atom is 0.123 e. The highest BCUT2D eigenvalue weighted by Crippen LogP contribution is 2.47. The highest BCUT2D eigenvalue weighted by Gasteiger charge is 2.28. The fourth-order valence-electron chi connectivity index (χ4n) is 2.77. The second kappa shape index (κ2) is 7.85.